The van der Waals surface area contributed by atoms with Crippen molar-refractivity contribution in [2.24, 2.45) is 0 Å². The highest BCUT2D eigenvalue weighted by Gasteiger charge is 2.03. The normalized spacial score (nSPS) is 8.64. The Hall–Kier alpha value is -0.785. The molecule has 1 rings (SSSR count). The Labute approximate surface area is 68.1 Å². The highest BCUT2D eigenvalue weighted by molar-refractivity contribution is 6.71. The molecule has 0 bridgehead atoms. The third kappa shape index (κ3) is 2.37. The molecule has 0 aliphatic rings. The highest BCUT2D eigenvalue weighted by Crippen LogP contribution is 1.95. The second kappa shape index (κ2) is 4.17. The fourth-order valence-electron chi connectivity index (χ4n) is 1.23. The zero-order chi connectivity index (χ0) is 7.56. The zero-order valence-corrected chi connectivity index (χ0v) is 7.29. The molecule has 0 aliphatic heterocycles. The van der Waals surface area contributed by atoms with Crippen molar-refractivity contribution >= 4 is 12.2 Å². The summed E-state index contributed by atoms with van der Waals surface area (Å²) < 4.78 is 0. The van der Waals surface area contributed by atoms with Gasteiger partial charge in [-0.25, -0.2) is 0 Å². The molecule has 0 amide bonds. The van der Waals surface area contributed by atoms with Crippen molar-refractivity contribution < 1.29 is 4.70 Å². The molecule has 0 atom stereocenters. The maximum atomic E-state index is 2.22. The Balaban J connectivity index is 0.000001000. The monoisotopic (exact) mass is 152 g/mol. The summed E-state index contributed by atoms with van der Waals surface area (Å²) in [4.78, 5) is 0. The minimum Gasteiger partial charge on any atom is -0.269 e. The Morgan fingerprint density at radius 2 is 1.64 bits per heavy atom. The number of hydrogen-bond donors (Lipinski definition) is 0. The molecule has 0 N–H and O–H groups in total. The van der Waals surface area contributed by atoms with Gasteiger partial charge in [-0.2, -0.15) is 0 Å². The van der Waals surface area contributed by atoms with Gasteiger partial charge in [0.2, 0.25) is 0 Å². The van der Waals surface area contributed by atoms with E-state index in [1.165, 1.54) is 11.0 Å². The standard InChI is InChI=1S/C9H13B.FH/c1-8-6-4-5-7-9(8)10(2)3;/h4-7H,1-3H3;1H. The second-order valence-corrected chi connectivity index (χ2v) is 3.01. The van der Waals surface area contributed by atoms with Crippen LogP contribution < -0.4 is 5.46 Å². The van der Waals surface area contributed by atoms with E-state index in [-0.39, 0.29) is 4.70 Å². The van der Waals surface area contributed by atoms with Crippen LogP contribution in [0.25, 0.3) is 0 Å². The van der Waals surface area contributed by atoms with Crippen LogP contribution in [0.5, 0.6) is 0 Å². The van der Waals surface area contributed by atoms with Crippen molar-refractivity contribution in [3.05, 3.63) is 29.8 Å². The molecule has 0 nitrogen and oxygen atoms in total. The summed E-state index contributed by atoms with van der Waals surface area (Å²) in [6, 6.07) is 8.54. The molecule has 0 spiro atoms. The quantitative estimate of drug-likeness (QED) is 0.540. The third-order valence-corrected chi connectivity index (χ3v) is 1.81. The Bertz CT molecular complexity index is 221. The van der Waals surface area contributed by atoms with E-state index in [4.69, 9.17) is 0 Å². The summed E-state index contributed by atoms with van der Waals surface area (Å²) in [6.45, 7) is 7.26. The molecule has 60 valence electrons. The molecule has 0 saturated heterocycles. The molecular weight excluding hydrogens is 138 g/mol. The van der Waals surface area contributed by atoms with Crippen molar-refractivity contribution in [1.82, 2.24) is 0 Å². The predicted octanol–water partition coefficient (Wildman–Crippen LogP) is 2.11. The van der Waals surface area contributed by atoms with Crippen LogP contribution in [0.2, 0.25) is 13.6 Å². The molecule has 0 radical (unpaired) electrons. The lowest BCUT2D eigenvalue weighted by Gasteiger charge is -2.04. The van der Waals surface area contributed by atoms with E-state index >= 15 is 0 Å². The molecule has 2 heteroatoms. The predicted molar refractivity (Wildman–Crippen MR) is 50.8 cm³/mol. The van der Waals surface area contributed by atoms with Crippen molar-refractivity contribution in [1.29, 1.82) is 0 Å². The summed E-state index contributed by atoms with van der Waals surface area (Å²) in [5.41, 5.74) is 2.86. The first-order chi connectivity index (χ1) is 4.72. The third-order valence-electron chi connectivity index (χ3n) is 1.81. The van der Waals surface area contributed by atoms with Crippen LogP contribution in [-0.2, 0) is 0 Å². The lowest BCUT2D eigenvalue weighted by atomic mass is 9.48. The van der Waals surface area contributed by atoms with Crippen molar-refractivity contribution in [2.45, 2.75) is 20.6 Å². The maximum absolute atomic E-state index is 2.22. The summed E-state index contributed by atoms with van der Waals surface area (Å²) in [6.07, 6.45) is 0. The van der Waals surface area contributed by atoms with Gasteiger partial charge in [-0.05, 0) is 6.92 Å². The van der Waals surface area contributed by atoms with Gasteiger partial charge in [0.05, 0.1) is 0 Å². The highest BCUT2D eigenvalue weighted by atomic mass is 19.0. The van der Waals surface area contributed by atoms with Crippen molar-refractivity contribution in [2.75, 3.05) is 0 Å². The average Bonchev–Trinajstić information content (AvgIpc) is 1.88. The molecule has 0 aliphatic carbocycles. The van der Waals surface area contributed by atoms with E-state index in [1.54, 1.807) is 0 Å². The van der Waals surface area contributed by atoms with Gasteiger partial charge in [0.1, 0.15) is 0 Å². The first kappa shape index (κ1) is 10.2. The second-order valence-electron chi connectivity index (χ2n) is 3.01. The Morgan fingerprint density at radius 3 is 2.00 bits per heavy atom. The fraction of sp³-hybridized carbons (Fsp3) is 0.333. The van der Waals surface area contributed by atoms with Crippen LogP contribution in [0.4, 0.5) is 4.70 Å². The van der Waals surface area contributed by atoms with Gasteiger partial charge >= 0.3 is 0 Å². The van der Waals surface area contributed by atoms with Crippen LogP contribution in [0, 0.1) is 6.92 Å². The number of aryl methyl sites for hydroxylation is 1. The van der Waals surface area contributed by atoms with Gasteiger partial charge in [-0.3, -0.25) is 4.70 Å². The number of rotatable bonds is 1. The van der Waals surface area contributed by atoms with E-state index in [0.29, 0.717) is 6.71 Å². The Morgan fingerprint density at radius 1 is 1.09 bits per heavy atom. The lowest BCUT2D eigenvalue weighted by Crippen LogP contribution is -2.24. The van der Waals surface area contributed by atoms with Crippen LogP contribution in [0.15, 0.2) is 24.3 Å². The van der Waals surface area contributed by atoms with Gasteiger partial charge in [0.15, 0.2) is 6.71 Å². The smallest absolute Gasteiger partial charge is 0.169 e. The first-order valence-electron chi connectivity index (χ1n) is 3.77. The first-order valence-corrected chi connectivity index (χ1v) is 3.77. The minimum atomic E-state index is 0. The van der Waals surface area contributed by atoms with E-state index in [2.05, 4.69) is 44.8 Å². The maximum Gasteiger partial charge on any atom is 0.169 e. The minimum absolute atomic E-state index is 0. The summed E-state index contributed by atoms with van der Waals surface area (Å²) in [5.74, 6) is 0. The van der Waals surface area contributed by atoms with E-state index in [1.807, 2.05) is 0 Å². The zero-order valence-electron chi connectivity index (χ0n) is 7.29. The van der Waals surface area contributed by atoms with Crippen LogP contribution in [-0.4, -0.2) is 6.71 Å². The molecule has 1 aromatic rings. The number of benzene rings is 1. The van der Waals surface area contributed by atoms with Gasteiger partial charge in [0, 0.05) is 0 Å². The van der Waals surface area contributed by atoms with E-state index < -0.39 is 0 Å². The molecule has 0 aromatic heterocycles. The number of halogens is 1. The lowest BCUT2D eigenvalue weighted by molar-refractivity contribution is 1.11. The molecule has 1 aromatic carbocycles. The molecule has 0 fully saturated rings. The topological polar surface area (TPSA) is 0 Å². The molecule has 11 heavy (non-hydrogen) atoms. The summed E-state index contributed by atoms with van der Waals surface area (Å²) >= 11 is 0. The van der Waals surface area contributed by atoms with Crippen LogP contribution in [0.1, 0.15) is 5.56 Å². The van der Waals surface area contributed by atoms with Crippen LogP contribution in [0.3, 0.4) is 0 Å². The van der Waals surface area contributed by atoms with E-state index in [0.717, 1.165) is 0 Å². The largest absolute Gasteiger partial charge is 0.269 e. The van der Waals surface area contributed by atoms with Gasteiger partial charge in [-0.15, -0.1) is 0 Å². The Kier molecular flexibility index (Phi) is 3.87. The van der Waals surface area contributed by atoms with Gasteiger partial charge in [0.25, 0.3) is 0 Å². The SMILES string of the molecule is CB(C)c1ccccc1C.F. The van der Waals surface area contributed by atoms with Crippen molar-refractivity contribution in [3.8, 4) is 0 Å². The van der Waals surface area contributed by atoms with E-state index in [9.17, 15) is 0 Å². The molecule has 0 saturated carbocycles. The van der Waals surface area contributed by atoms with Gasteiger partial charge in [-0.1, -0.05) is 48.9 Å². The average molecular weight is 152 g/mol. The van der Waals surface area contributed by atoms with Crippen molar-refractivity contribution in [3.63, 3.8) is 0 Å². The molecule has 0 heterocycles. The molecule has 0 unspecified atom stereocenters. The fourth-order valence-corrected chi connectivity index (χ4v) is 1.23. The summed E-state index contributed by atoms with van der Waals surface area (Å²) in [5, 5.41) is 0. The number of hydrogen-bond acceptors (Lipinski definition) is 0. The molecular formula is C9H14BF. The van der Waals surface area contributed by atoms with Gasteiger partial charge < -0.3 is 0 Å². The summed E-state index contributed by atoms with van der Waals surface area (Å²) in [7, 11) is 0. The van der Waals surface area contributed by atoms with Crippen LogP contribution >= 0.6 is 0 Å².